The molecule has 0 amide bonds. The van der Waals surface area contributed by atoms with Gasteiger partial charge in [-0.1, -0.05) is 39.0 Å². The van der Waals surface area contributed by atoms with E-state index >= 15 is 0 Å². The Morgan fingerprint density at radius 3 is 2.58 bits per heavy atom. The number of hydrogen-bond acceptors (Lipinski definition) is 4. The molecule has 0 saturated heterocycles. The van der Waals surface area contributed by atoms with E-state index in [9.17, 15) is 4.79 Å². The first-order chi connectivity index (χ1) is 8.95. The SMILES string of the molecule is CSCCOC(=O)COc1ccccc1C(C)(C)C. The van der Waals surface area contributed by atoms with E-state index in [2.05, 4.69) is 20.8 Å². The predicted octanol–water partition coefficient (Wildman–Crippen LogP) is 3.27. The zero-order chi connectivity index (χ0) is 14.3. The highest BCUT2D eigenvalue weighted by Gasteiger charge is 2.18. The van der Waals surface area contributed by atoms with Crippen LogP contribution in [-0.2, 0) is 14.9 Å². The maximum atomic E-state index is 11.5. The standard InChI is InChI=1S/C15H22O3S/c1-15(2,3)12-7-5-6-8-13(12)18-11-14(16)17-9-10-19-4/h5-8H,9-11H2,1-4H3. The second kappa shape index (κ2) is 7.43. The van der Waals surface area contributed by atoms with Crippen molar-refractivity contribution in [2.45, 2.75) is 26.2 Å². The van der Waals surface area contributed by atoms with Crippen LogP contribution in [0.2, 0.25) is 0 Å². The van der Waals surface area contributed by atoms with Crippen molar-refractivity contribution in [3.05, 3.63) is 29.8 Å². The Labute approximate surface area is 119 Å². The molecule has 1 rings (SSSR count). The Kier molecular flexibility index (Phi) is 6.22. The first-order valence-corrected chi connectivity index (χ1v) is 7.71. The number of benzene rings is 1. The lowest BCUT2D eigenvalue weighted by Gasteiger charge is -2.22. The summed E-state index contributed by atoms with van der Waals surface area (Å²) in [6, 6.07) is 7.79. The van der Waals surface area contributed by atoms with Gasteiger partial charge in [0.1, 0.15) is 12.4 Å². The molecule has 0 saturated carbocycles. The Morgan fingerprint density at radius 2 is 1.95 bits per heavy atom. The highest BCUT2D eigenvalue weighted by Crippen LogP contribution is 2.30. The Bertz CT molecular complexity index is 410. The van der Waals surface area contributed by atoms with E-state index < -0.39 is 0 Å². The monoisotopic (exact) mass is 282 g/mol. The topological polar surface area (TPSA) is 35.5 Å². The number of thioether (sulfide) groups is 1. The molecule has 0 heterocycles. The number of hydrogen-bond donors (Lipinski definition) is 0. The fourth-order valence-corrected chi connectivity index (χ4v) is 1.88. The van der Waals surface area contributed by atoms with Crippen molar-refractivity contribution in [3.8, 4) is 5.75 Å². The first kappa shape index (κ1) is 15.9. The summed E-state index contributed by atoms with van der Waals surface area (Å²) in [5.41, 5.74) is 1.08. The normalized spacial score (nSPS) is 11.2. The largest absolute Gasteiger partial charge is 0.482 e. The third-order valence-electron chi connectivity index (χ3n) is 2.59. The molecule has 4 heteroatoms. The van der Waals surface area contributed by atoms with Gasteiger partial charge in [0.2, 0.25) is 0 Å². The summed E-state index contributed by atoms with van der Waals surface area (Å²) in [5.74, 6) is 1.24. The Morgan fingerprint density at radius 1 is 1.26 bits per heavy atom. The van der Waals surface area contributed by atoms with Gasteiger partial charge in [-0.05, 0) is 23.3 Å². The quantitative estimate of drug-likeness (QED) is 0.592. The highest BCUT2D eigenvalue weighted by atomic mass is 32.2. The summed E-state index contributed by atoms with van der Waals surface area (Å²) in [6.07, 6.45) is 1.98. The molecule has 0 N–H and O–H groups in total. The van der Waals surface area contributed by atoms with Crippen LogP contribution in [0.5, 0.6) is 5.75 Å². The third kappa shape index (κ3) is 5.55. The van der Waals surface area contributed by atoms with Crippen LogP contribution in [0.15, 0.2) is 24.3 Å². The van der Waals surface area contributed by atoms with E-state index in [0.717, 1.165) is 17.1 Å². The van der Waals surface area contributed by atoms with Crippen molar-refractivity contribution >= 4 is 17.7 Å². The van der Waals surface area contributed by atoms with Crippen LogP contribution >= 0.6 is 11.8 Å². The fourth-order valence-electron chi connectivity index (χ4n) is 1.63. The number of ether oxygens (including phenoxy) is 2. The van der Waals surface area contributed by atoms with Crippen molar-refractivity contribution in [2.24, 2.45) is 0 Å². The number of para-hydroxylation sites is 1. The van der Waals surface area contributed by atoms with E-state index in [1.54, 1.807) is 11.8 Å². The molecular weight excluding hydrogens is 260 g/mol. The molecule has 0 atom stereocenters. The molecule has 0 radical (unpaired) electrons. The fraction of sp³-hybridized carbons (Fsp3) is 0.533. The Hall–Kier alpha value is -1.16. The van der Waals surface area contributed by atoms with Crippen molar-refractivity contribution < 1.29 is 14.3 Å². The minimum atomic E-state index is -0.322. The van der Waals surface area contributed by atoms with Crippen molar-refractivity contribution in [2.75, 3.05) is 25.2 Å². The van der Waals surface area contributed by atoms with Crippen LogP contribution < -0.4 is 4.74 Å². The molecule has 1 aromatic carbocycles. The molecule has 19 heavy (non-hydrogen) atoms. The third-order valence-corrected chi connectivity index (χ3v) is 3.17. The summed E-state index contributed by atoms with van der Waals surface area (Å²) in [7, 11) is 0. The zero-order valence-electron chi connectivity index (χ0n) is 12.1. The van der Waals surface area contributed by atoms with Crippen molar-refractivity contribution in [1.82, 2.24) is 0 Å². The zero-order valence-corrected chi connectivity index (χ0v) is 12.9. The minimum Gasteiger partial charge on any atom is -0.482 e. The van der Waals surface area contributed by atoms with Crippen LogP contribution in [0, 0.1) is 0 Å². The second-order valence-corrected chi connectivity index (χ2v) is 6.23. The van der Waals surface area contributed by atoms with Crippen molar-refractivity contribution in [1.29, 1.82) is 0 Å². The van der Waals surface area contributed by atoms with Gasteiger partial charge in [0, 0.05) is 5.75 Å². The molecule has 1 aromatic rings. The molecule has 106 valence electrons. The van der Waals surface area contributed by atoms with Gasteiger partial charge in [0.05, 0.1) is 0 Å². The lowest BCUT2D eigenvalue weighted by molar-refractivity contribution is -0.145. The molecule has 0 aliphatic rings. The number of carbonyl (C=O) groups is 1. The number of esters is 1. The maximum absolute atomic E-state index is 11.5. The number of rotatable bonds is 6. The van der Waals surface area contributed by atoms with Gasteiger partial charge in [-0.3, -0.25) is 0 Å². The van der Waals surface area contributed by atoms with E-state index in [-0.39, 0.29) is 18.0 Å². The minimum absolute atomic E-state index is 0.0145. The molecule has 3 nitrogen and oxygen atoms in total. The first-order valence-electron chi connectivity index (χ1n) is 6.32. The van der Waals surface area contributed by atoms with Gasteiger partial charge in [0.15, 0.2) is 6.61 Å². The van der Waals surface area contributed by atoms with Gasteiger partial charge >= 0.3 is 5.97 Å². The summed E-state index contributed by atoms with van der Waals surface area (Å²) in [5, 5.41) is 0. The lowest BCUT2D eigenvalue weighted by atomic mass is 9.86. The van der Waals surface area contributed by atoms with E-state index in [1.807, 2.05) is 30.5 Å². The molecule has 0 aliphatic heterocycles. The van der Waals surface area contributed by atoms with Crippen molar-refractivity contribution in [3.63, 3.8) is 0 Å². The molecule has 0 fully saturated rings. The summed E-state index contributed by atoms with van der Waals surface area (Å²) in [4.78, 5) is 11.5. The van der Waals surface area contributed by atoms with Crippen LogP contribution in [0.4, 0.5) is 0 Å². The molecule has 0 unspecified atom stereocenters. The average molecular weight is 282 g/mol. The summed E-state index contributed by atoms with van der Waals surface area (Å²) >= 11 is 1.65. The number of carbonyl (C=O) groups excluding carboxylic acids is 1. The molecule has 0 aromatic heterocycles. The van der Waals surface area contributed by atoms with E-state index in [0.29, 0.717) is 6.61 Å². The maximum Gasteiger partial charge on any atom is 0.344 e. The van der Waals surface area contributed by atoms with Gasteiger partial charge in [0.25, 0.3) is 0 Å². The lowest BCUT2D eigenvalue weighted by Crippen LogP contribution is -2.19. The van der Waals surface area contributed by atoms with Gasteiger partial charge in [-0.2, -0.15) is 11.8 Å². The summed E-state index contributed by atoms with van der Waals surface area (Å²) in [6.45, 7) is 6.75. The predicted molar refractivity (Wildman–Crippen MR) is 80.0 cm³/mol. The van der Waals surface area contributed by atoms with Crippen LogP contribution in [-0.4, -0.2) is 31.2 Å². The smallest absolute Gasteiger partial charge is 0.344 e. The molecule has 0 aliphatic carbocycles. The van der Waals surface area contributed by atoms with E-state index in [1.165, 1.54) is 0 Å². The highest BCUT2D eigenvalue weighted by molar-refractivity contribution is 7.98. The molecule has 0 bridgehead atoms. The second-order valence-electron chi connectivity index (χ2n) is 5.25. The van der Waals surface area contributed by atoms with Gasteiger partial charge in [-0.25, -0.2) is 4.79 Å². The van der Waals surface area contributed by atoms with E-state index in [4.69, 9.17) is 9.47 Å². The van der Waals surface area contributed by atoms with Crippen LogP contribution in [0.1, 0.15) is 26.3 Å². The van der Waals surface area contributed by atoms with Gasteiger partial charge < -0.3 is 9.47 Å². The van der Waals surface area contributed by atoms with Crippen LogP contribution in [0.25, 0.3) is 0 Å². The molecule has 0 spiro atoms. The van der Waals surface area contributed by atoms with Crippen LogP contribution in [0.3, 0.4) is 0 Å². The summed E-state index contributed by atoms with van der Waals surface area (Å²) < 4.78 is 10.6. The van der Waals surface area contributed by atoms with Gasteiger partial charge in [-0.15, -0.1) is 0 Å². The molecular formula is C15H22O3S. The Balaban J connectivity index is 2.56. The average Bonchev–Trinajstić information content (AvgIpc) is 2.36.